The Bertz CT molecular complexity index is 961. The highest BCUT2D eigenvalue weighted by molar-refractivity contribution is 6.06. The summed E-state index contributed by atoms with van der Waals surface area (Å²) in [6, 6.07) is 14.2. The fraction of sp³-hybridized carbons (Fsp3) is 0.190. The van der Waals surface area contributed by atoms with Crippen LogP contribution in [0.1, 0.15) is 21.7 Å². The highest BCUT2D eigenvalue weighted by Crippen LogP contribution is 2.34. The predicted molar refractivity (Wildman–Crippen MR) is 102 cm³/mol. The van der Waals surface area contributed by atoms with Crippen LogP contribution < -0.4 is 14.8 Å². The quantitative estimate of drug-likeness (QED) is 0.688. The lowest BCUT2D eigenvalue weighted by Gasteiger charge is -2.13. The number of aliphatic hydroxyl groups is 1. The molecule has 6 nitrogen and oxygen atoms in total. The van der Waals surface area contributed by atoms with Crippen molar-refractivity contribution in [1.29, 1.82) is 0 Å². The summed E-state index contributed by atoms with van der Waals surface area (Å²) in [6.07, 6.45) is 0. The van der Waals surface area contributed by atoms with E-state index >= 15 is 0 Å². The summed E-state index contributed by atoms with van der Waals surface area (Å²) in [5.41, 5.74) is 2.65. The normalized spacial score (nSPS) is 10.5. The Morgan fingerprint density at radius 3 is 2.59 bits per heavy atom. The lowest BCUT2D eigenvalue weighted by Crippen LogP contribution is -2.13. The number of ether oxygens (including phenoxy) is 2. The minimum atomic E-state index is -0.272. The van der Waals surface area contributed by atoms with E-state index in [0.29, 0.717) is 34.3 Å². The predicted octanol–water partition coefficient (Wildman–Crippen LogP) is 4.02. The van der Waals surface area contributed by atoms with Gasteiger partial charge in [-0.3, -0.25) is 4.79 Å². The van der Waals surface area contributed by atoms with Crippen LogP contribution in [0.15, 0.2) is 52.9 Å². The maximum Gasteiger partial charge on any atom is 0.259 e. The van der Waals surface area contributed by atoms with E-state index in [-0.39, 0.29) is 12.5 Å². The molecule has 0 spiro atoms. The van der Waals surface area contributed by atoms with E-state index in [0.717, 1.165) is 11.1 Å². The first-order valence-electron chi connectivity index (χ1n) is 8.40. The van der Waals surface area contributed by atoms with E-state index in [1.54, 1.807) is 50.6 Å². The minimum Gasteiger partial charge on any atom is -0.496 e. The molecule has 0 fully saturated rings. The highest BCUT2D eigenvalue weighted by atomic mass is 16.5. The monoisotopic (exact) mass is 367 g/mol. The van der Waals surface area contributed by atoms with Gasteiger partial charge in [0, 0.05) is 11.8 Å². The second kappa shape index (κ2) is 7.97. The van der Waals surface area contributed by atoms with Crippen molar-refractivity contribution in [1.82, 2.24) is 0 Å². The number of amides is 1. The van der Waals surface area contributed by atoms with Crippen LogP contribution in [-0.4, -0.2) is 25.2 Å². The Morgan fingerprint density at radius 1 is 1.11 bits per heavy atom. The number of rotatable bonds is 6. The molecule has 0 aliphatic carbocycles. The summed E-state index contributed by atoms with van der Waals surface area (Å²) in [4.78, 5) is 12.7. The van der Waals surface area contributed by atoms with Crippen LogP contribution in [0, 0.1) is 6.92 Å². The molecule has 6 heteroatoms. The zero-order valence-electron chi connectivity index (χ0n) is 15.4. The molecule has 2 N–H and O–H groups in total. The van der Waals surface area contributed by atoms with Crippen LogP contribution in [0.4, 0.5) is 5.69 Å². The first-order valence-corrected chi connectivity index (χ1v) is 8.40. The number of carbonyl (C=O) groups is 1. The van der Waals surface area contributed by atoms with Gasteiger partial charge in [-0.1, -0.05) is 12.1 Å². The second-order valence-electron chi connectivity index (χ2n) is 5.95. The zero-order chi connectivity index (χ0) is 19.4. The SMILES string of the molecule is COc1cc(NC(=O)c2cccc(C)c2OC)ccc1-c1ccc(CO)o1. The summed E-state index contributed by atoms with van der Waals surface area (Å²) in [5, 5.41) is 12.0. The Balaban J connectivity index is 1.88. The Labute approximate surface area is 157 Å². The van der Waals surface area contributed by atoms with Crippen molar-refractivity contribution in [3.8, 4) is 22.8 Å². The molecule has 0 aliphatic rings. The average molecular weight is 367 g/mol. The maximum absolute atomic E-state index is 12.7. The molecule has 1 amide bonds. The molecule has 3 rings (SSSR count). The Morgan fingerprint density at radius 2 is 1.93 bits per heavy atom. The molecule has 27 heavy (non-hydrogen) atoms. The molecule has 0 atom stereocenters. The molecular weight excluding hydrogens is 346 g/mol. The first kappa shape index (κ1) is 18.5. The molecule has 0 radical (unpaired) electrons. The van der Waals surface area contributed by atoms with Crippen molar-refractivity contribution in [2.24, 2.45) is 0 Å². The van der Waals surface area contributed by atoms with Gasteiger partial charge in [0.15, 0.2) is 0 Å². The second-order valence-corrected chi connectivity index (χ2v) is 5.95. The third kappa shape index (κ3) is 3.80. The lowest BCUT2D eigenvalue weighted by molar-refractivity contribution is 0.102. The number of aliphatic hydroxyl groups excluding tert-OH is 1. The van der Waals surface area contributed by atoms with Gasteiger partial charge in [0.1, 0.15) is 29.6 Å². The standard InChI is InChI=1S/C21H21NO5/c1-13-5-4-6-17(20(13)26-3)21(24)22-14-7-9-16(19(11-14)25-2)18-10-8-15(12-23)27-18/h4-11,23H,12H2,1-3H3,(H,22,24). The van der Waals surface area contributed by atoms with Crippen LogP contribution in [0.2, 0.25) is 0 Å². The van der Waals surface area contributed by atoms with Crippen molar-refractivity contribution in [2.45, 2.75) is 13.5 Å². The molecule has 0 aliphatic heterocycles. The summed E-state index contributed by atoms with van der Waals surface area (Å²) in [6.45, 7) is 1.71. The number of para-hydroxylation sites is 1. The van der Waals surface area contributed by atoms with Crippen molar-refractivity contribution >= 4 is 11.6 Å². The summed E-state index contributed by atoms with van der Waals surface area (Å²) < 4.78 is 16.3. The van der Waals surface area contributed by atoms with Crippen molar-refractivity contribution in [3.63, 3.8) is 0 Å². The van der Waals surface area contributed by atoms with Gasteiger partial charge in [0.2, 0.25) is 0 Å². The van der Waals surface area contributed by atoms with Crippen molar-refractivity contribution < 1.29 is 23.8 Å². The number of nitrogens with one attached hydrogen (secondary N) is 1. The number of aryl methyl sites for hydroxylation is 1. The molecule has 2 aromatic carbocycles. The molecular formula is C21H21NO5. The number of anilines is 1. The molecule has 0 saturated carbocycles. The molecule has 1 heterocycles. The third-order valence-corrected chi connectivity index (χ3v) is 4.20. The smallest absolute Gasteiger partial charge is 0.259 e. The van der Waals surface area contributed by atoms with E-state index in [2.05, 4.69) is 5.32 Å². The largest absolute Gasteiger partial charge is 0.496 e. The van der Waals surface area contributed by atoms with Crippen LogP contribution in [0.3, 0.4) is 0 Å². The van der Waals surface area contributed by atoms with Crippen LogP contribution in [0.5, 0.6) is 11.5 Å². The first-order chi connectivity index (χ1) is 13.1. The Kier molecular flexibility index (Phi) is 5.47. The average Bonchev–Trinajstić information content (AvgIpc) is 3.16. The lowest BCUT2D eigenvalue weighted by atomic mass is 10.1. The van der Waals surface area contributed by atoms with Gasteiger partial charge in [-0.05, 0) is 42.8 Å². The van der Waals surface area contributed by atoms with E-state index in [1.807, 2.05) is 19.1 Å². The zero-order valence-corrected chi connectivity index (χ0v) is 15.4. The van der Waals surface area contributed by atoms with Gasteiger partial charge in [-0.2, -0.15) is 0 Å². The fourth-order valence-corrected chi connectivity index (χ4v) is 2.88. The van der Waals surface area contributed by atoms with E-state index in [4.69, 9.17) is 19.0 Å². The maximum atomic E-state index is 12.7. The number of furan rings is 1. The van der Waals surface area contributed by atoms with E-state index < -0.39 is 0 Å². The van der Waals surface area contributed by atoms with Crippen LogP contribution >= 0.6 is 0 Å². The van der Waals surface area contributed by atoms with Gasteiger partial charge in [0.25, 0.3) is 5.91 Å². The number of benzene rings is 2. The number of methoxy groups -OCH3 is 2. The van der Waals surface area contributed by atoms with Gasteiger partial charge in [0.05, 0.1) is 25.3 Å². The third-order valence-electron chi connectivity index (χ3n) is 4.20. The molecule has 0 saturated heterocycles. The topological polar surface area (TPSA) is 80.9 Å². The Hall–Kier alpha value is -3.25. The molecule has 0 bridgehead atoms. The van der Waals surface area contributed by atoms with Gasteiger partial charge < -0.3 is 24.3 Å². The number of hydrogen-bond donors (Lipinski definition) is 2. The summed E-state index contributed by atoms with van der Waals surface area (Å²) >= 11 is 0. The van der Waals surface area contributed by atoms with Gasteiger partial charge >= 0.3 is 0 Å². The molecule has 1 aromatic heterocycles. The molecule has 140 valence electrons. The van der Waals surface area contributed by atoms with Crippen LogP contribution in [-0.2, 0) is 6.61 Å². The number of hydrogen-bond acceptors (Lipinski definition) is 5. The van der Waals surface area contributed by atoms with Crippen LogP contribution in [0.25, 0.3) is 11.3 Å². The van der Waals surface area contributed by atoms with Crippen molar-refractivity contribution in [2.75, 3.05) is 19.5 Å². The van der Waals surface area contributed by atoms with E-state index in [1.165, 1.54) is 0 Å². The fourth-order valence-electron chi connectivity index (χ4n) is 2.88. The highest BCUT2D eigenvalue weighted by Gasteiger charge is 2.16. The summed E-state index contributed by atoms with van der Waals surface area (Å²) in [5.74, 6) is 1.87. The van der Waals surface area contributed by atoms with Gasteiger partial charge in [-0.15, -0.1) is 0 Å². The number of carbonyl (C=O) groups excluding carboxylic acids is 1. The molecule has 3 aromatic rings. The van der Waals surface area contributed by atoms with Gasteiger partial charge in [-0.25, -0.2) is 0 Å². The van der Waals surface area contributed by atoms with Crippen molar-refractivity contribution in [3.05, 3.63) is 65.4 Å². The minimum absolute atomic E-state index is 0.172. The van der Waals surface area contributed by atoms with E-state index in [9.17, 15) is 4.79 Å². The summed E-state index contributed by atoms with van der Waals surface area (Å²) in [7, 11) is 3.09. The molecule has 0 unspecified atom stereocenters.